The van der Waals surface area contributed by atoms with Gasteiger partial charge in [0.25, 0.3) is 0 Å². The maximum absolute atomic E-state index is 11.4. The number of rotatable bonds is 7. The summed E-state index contributed by atoms with van der Waals surface area (Å²) in [6.07, 6.45) is 4.92. The fraction of sp³-hybridized carbons (Fsp3) is 0.636. The number of nitrogens with zero attached hydrogens (tertiary/aromatic N) is 1. The Balaban J connectivity index is 2.03. The highest BCUT2D eigenvalue weighted by Gasteiger charge is 2.01. The molecule has 5 heteroatoms. The summed E-state index contributed by atoms with van der Waals surface area (Å²) in [4.78, 5) is 11.4. The van der Waals surface area contributed by atoms with E-state index in [9.17, 15) is 4.79 Å². The van der Waals surface area contributed by atoms with Gasteiger partial charge in [-0.3, -0.25) is 9.89 Å². The lowest BCUT2D eigenvalue weighted by molar-refractivity contribution is -0.121. The van der Waals surface area contributed by atoms with Crippen molar-refractivity contribution in [1.82, 2.24) is 20.8 Å². The van der Waals surface area contributed by atoms with Crippen LogP contribution in [0.3, 0.4) is 0 Å². The molecular formula is C11H20N4O. The first-order chi connectivity index (χ1) is 7.68. The van der Waals surface area contributed by atoms with E-state index in [-0.39, 0.29) is 5.91 Å². The lowest BCUT2D eigenvalue weighted by Gasteiger charge is -2.07. The van der Waals surface area contributed by atoms with Gasteiger partial charge in [-0.2, -0.15) is 5.10 Å². The van der Waals surface area contributed by atoms with E-state index in [1.807, 2.05) is 0 Å². The van der Waals surface area contributed by atoms with E-state index in [1.165, 1.54) is 0 Å². The zero-order chi connectivity index (χ0) is 11.8. The molecule has 0 radical (unpaired) electrons. The standard InChI is InChI=1S/C11H20N4O/c1-9(2)12-5-3-4-11(16)13-6-10-7-14-15-8-10/h7-9,12H,3-6H2,1-2H3,(H,13,16)(H,14,15). The van der Waals surface area contributed by atoms with Crippen molar-refractivity contribution in [2.45, 2.75) is 39.3 Å². The lowest BCUT2D eigenvalue weighted by Crippen LogP contribution is -2.26. The highest BCUT2D eigenvalue weighted by atomic mass is 16.1. The average molecular weight is 224 g/mol. The van der Waals surface area contributed by atoms with Crippen LogP contribution in [0, 0.1) is 0 Å². The zero-order valence-electron chi connectivity index (χ0n) is 9.92. The van der Waals surface area contributed by atoms with E-state index in [0.717, 1.165) is 18.5 Å². The molecule has 0 aliphatic carbocycles. The van der Waals surface area contributed by atoms with Gasteiger partial charge in [-0.25, -0.2) is 0 Å². The van der Waals surface area contributed by atoms with E-state index in [4.69, 9.17) is 0 Å². The van der Waals surface area contributed by atoms with Crippen LogP contribution in [-0.2, 0) is 11.3 Å². The van der Waals surface area contributed by atoms with Crippen LogP contribution in [0.15, 0.2) is 12.4 Å². The van der Waals surface area contributed by atoms with Gasteiger partial charge in [0.1, 0.15) is 0 Å². The van der Waals surface area contributed by atoms with Crippen molar-refractivity contribution >= 4 is 5.91 Å². The Morgan fingerprint density at radius 1 is 1.56 bits per heavy atom. The van der Waals surface area contributed by atoms with Gasteiger partial charge in [0.05, 0.1) is 6.20 Å². The van der Waals surface area contributed by atoms with Crippen LogP contribution in [0.1, 0.15) is 32.3 Å². The molecule has 0 atom stereocenters. The van der Waals surface area contributed by atoms with Crippen molar-refractivity contribution in [2.24, 2.45) is 0 Å². The van der Waals surface area contributed by atoms with Gasteiger partial charge in [-0.05, 0) is 13.0 Å². The molecule has 1 amide bonds. The zero-order valence-corrected chi connectivity index (χ0v) is 9.92. The van der Waals surface area contributed by atoms with Crippen LogP contribution in [0.25, 0.3) is 0 Å². The van der Waals surface area contributed by atoms with Crippen LogP contribution in [0.4, 0.5) is 0 Å². The first-order valence-electron chi connectivity index (χ1n) is 5.66. The molecule has 0 bridgehead atoms. The number of amides is 1. The Morgan fingerprint density at radius 2 is 2.38 bits per heavy atom. The predicted molar refractivity (Wildman–Crippen MR) is 62.8 cm³/mol. The molecule has 16 heavy (non-hydrogen) atoms. The van der Waals surface area contributed by atoms with Gasteiger partial charge < -0.3 is 10.6 Å². The van der Waals surface area contributed by atoms with Crippen LogP contribution in [0.2, 0.25) is 0 Å². The molecule has 1 heterocycles. The van der Waals surface area contributed by atoms with Crippen molar-refractivity contribution in [1.29, 1.82) is 0 Å². The van der Waals surface area contributed by atoms with Crippen LogP contribution >= 0.6 is 0 Å². The van der Waals surface area contributed by atoms with Crippen molar-refractivity contribution < 1.29 is 4.79 Å². The summed E-state index contributed by atoms with van der Waals surface area (Å²) in [6.45, 7) is 5.63. The molecule has 3 N–H and O–H groups in total. The maximum Gasteiger partial charge on any atom is 0.220 e. The molecule has 0 fully saturated rings. The summed E-state index contributed by atoms with van der Waals surface area (Å²) in [5.41, 5.74) is 0.994. The number of nitrogens with one attached hydrogen (secondary N) is 3. The molecule has 90 valence electrons. The van der Waals surface area contributed by atoms with Crippen LogP contribution < -0.4 is 10.6 Å². The quantitative estimate of drug-likeness (QED) is 0.600. The fourth-order valence-corrected chi connectivity index (χ4v) is 1.30. The van der Waals surface area contributed by atoms with E-state index < -0.39 is 0 Å². The Kier molecular flexibility index (Phi) is 5.56. The average Bonchev–Trinajstić information content (AvgIpc) is 2.74. The molecule has 0 aliphatic heterocycles. The first-order valence-corrected chi connectivity index (χ1v) is 5.66. The Morgan fingerprint density at radius 3 is 3.00 bits per heavy atom. The molecule has 1 rings (SSSR count). The lowest BCUT2D eigenvalue weighted by atomic mass is 10.2. The van der Waals surface area contributed by atoms with Gasteiger partial charge in [-0.1, -0.05) is 13.8 Å². The van der Waals surface area contributed by atoms with Crippen molar-refractivity contribution in [3.05, 3.63) is 18.0 Å². The molecule has 0 aromatic carbocycles. The first kappa shape index (κ1) is 12.7. The number of carbonyl (C=O) groups excluding carboxylic acids is 1. The predicted octanol–water partition coefficient (Wildman–Crippen LogP) is 0.804. The van der Waals surface area contributed by atoms with Gasteiger partial charge in [0.2, 0.25) is 5.91 Å². The second-order valence-electron chi connectivity index (χ2n) is 4.10. The number of H-pyrrole nitrogens is 1. The summed E-state index contributed by atoms with van der Waals surface area (Å²) in [6, 6.07) is 0.481. The molecule has 0 unspecified atom stereocenters. The number of hydrogen-bond donors (Lipinski definition) is 3. The second kappa shape index (κ2) is 7.00. The molecule has 0 spiro atoms. The molecule has 0 saturated carbocycles. The summed E-state index contributed by atoms with van der Waals surface area (Å²) in [7, 11) is 0. The Labute approximate surface area is 96.0 Å². The molecule has 1 aromatic heterocycles. The second-order valence-corrected chi connectivity index (χ2v) is 4.10. The minimum atomic E-state index is 0.0896. The van der Waals surface area contributed by atoms with E-state index in [0.29, 0.717) is 19.0 Å². The van der Waals surface area contributed by atoms with Gasteiger partial charge in [0.15, 0.2) is 0 Å². The fourth-order valence-electron chi connectivity index (χ4n) is 1.30. The molecule has 5 nitrogen and oxygen atoms in total. The van der Waals surface area contributed by atoms with Gasteiger partial charge in [-0.15, -0.1) is 0 Å². The molecule has 0 aliphatic rings. The summed E-state index contributed by atoms with van der Waals surface area (Å²) < 4.78 is 0. The summed E-state index contributed by atoms with van der Waals surface area (Å²) in [5, 5.41) is 12.6. The van der Waals surface area contributed by atoms with Gasteiger partial charge in [0, 0.05) is 30.8 Å². The van der Waals surface area contributed by atoms with Crippen molar-refractivity contribution in [3.8, 4) is 0 Å². The summed E-state index contributed by atoms with van der Waals surface area (Å²) in [5.74, 6) is 0.0896. The van der Waals surface area contributed by atoms with Crippen molar-refractivity contribution in [3.63, 3.8) is 0 Å². The van der Waals surface area contributed by atoms with E-state index in [2.05, 4.69) is 34.7 Å². The maximum atomic E-state index is 11.4. The smallest absolute Gasteiger partial charge is 0.220 e. The third-order valence-electron chi connectivity index (χ3n) is 2.18. The topological polar surface area (TPSA) is 69.8 Å². The Hall–Kier alpha value is -1.36. The summed E-state index contributed by atoms with van der Waals surface area (Å²) >= 11 is 0. The van der Waals surface area contributed by atoms with E-state index >= 15 is 0 Å². The minimum Gasteiger partial charge on any atom is -0.352 e. The molecule has 0 saturated heterocycles. The third-order valence-corrected chi connectivity index (χ3v) is 2.18. The monoisotopic (exact) mass is 224 g/mol. The number of aromatic amines is 1. The number of carbonyl (C=O) groups is 1. The van der Waals surface area contributed by atoms with Crippen LogP contribution in [-0.4, -0.2) is 28.7 Å². The molecular weight excluding hydrogens is 204 g/mol. The highest BCUT2D eigenvalue weighted by molar-refractivity contribution is 5.75. The number of aromatic nitrogens is 2. The van der Waals surface area contributed by atoms with E-state index in [1.54, 1.807) is 12.4 Å². The highest BCUT2D eigenvalue weighted by Crippen LogP contribution is 1.94. The number of hydrogen-bond acceptors (Lipinski definition) is 3. The van der Waals surface area contributed by atoms with Crippen molar-refractivity contribution in [2.75, 3.05) is 6.54 Å². The molecule has 1 aromatic rings. The third kappa shape index (κ3) is 5.50. The largest absolute Gasteiger partial charge is 0.352 e. The SMILES string of the molecule is CC(C)NCCCC(=O)NCc1cn[nH]c1. The minimum absolute atomic E-state index is 0.0896. The normalized spacial score (nSPS) is 10.7. The van der Waals surface area contributed by atoms with Crippen LogP contribution in [0.5, 0.6) is 0 Å². The Bertz CT molecular complexity index is 295. The van der Waals surface area contributed by atoms with Gasteiger partial charge >= 0.3 is 0 Å².